The minimum Gasteiger partial charge on any atom is -0.382 e. The lowest BCUT2D eigenvalue weighted by Crippen LogP contribution is -2.38. The number of thioether (sulfide) groups is 1. The lowest BCUT2D eigenvalue weighted by molar-refractivity contribution is -0.127. The fraction of sp³-hybridized carbons (Fsp3) is 0.353. The van der Waals surface area contributed by atoms with Gasteiger partial charge in [-0.25, -0.2) is 0 Å². The molecule has 134 valence electrons. The van der Waals surface area contributed by atoms with Crippen LogP contribution in [-0.2, 0) is 19.1 Å². The summed E-state index contributed by atoms with van der Waals surface area (Å²) < 4.78 is 9.89. The van der Waals surface area contributed by atoms with Gasteiger partial charge in [0, 0.05) is 20.2 Å². The van der Waals surface area contributed by atoms with Crippen molar-refractivity contribution in [2.24, 2.45) is 0 Å². The maximum atomic E-state index is 12.3. The Bertz CT molecular complexity index is 648. The first kappa shape index (κ1) is 19.2. The molecule has 1 heterocycles. The van der Waals surface area contributed by atoms with Gasteiger partial charge < -0.3 is 14.8 Å². The molecule has 0 spiro atoms. The fourth-order valence-electron chi connectivity index (χ4n) is 2.06. The van der Waals surface area contributed by atoms with Gasteiger partial charge >= 0.3 is 0 Å². The number of carbonyl (C=O) groups is 3. The maximum Gasteiger partial charge on any atom is 0.293 e. The van der Waals surface area contributed by atoms with Gasteiger partial charge in [0.2, 0.25) is 5.91 Å². The molecule has 2 rings (SSSR count). The number of nitrogens with zero attached hydrogens (tertiary/aromatic N) is 1. The third-order valence-electron chi connectivity index (χ3n) is 3.29. The number of hydrogen-bond donors (Lipinski definition) is 1. The van der Waals surface area contributed by atoms with E-state index in [-0.39, 0.29) is 36.7 Å². The summed E-state index contributed by atoms with van der Waals surface area (Å²) in [5.41, 5.74) is 0.856. The van der Waals surface area contributed by atoms with Gasteiger partial charge in [-0.3, -0.25) is 19.3 Å². The van der Waals surface area contributed by atoms with E-state index in [0.717, 1.165) is 22.2 Å². The van der Waals surface area contributed by atoms with E-state index < -0.39 is 0 Å². The monoisotopic (exact) mass is 364 g/mol. The molecule has 1 fully saturated rings. The van der Waals surface area contributed by atoms with Crippen molar-refractivity contribution in [2.45, 2.75) is 0 Å². The molecule has 1 aromatic rings. The second kappa shape index (κ2) is 9.97. The molecular formula is C17H20N2O5S. The molecule has 0 unspecified atom stereocenters. The van der Waals surface area contributed by atoms with Gasteiger partial charge in [-0.05, 0) is 23.4 Å². The smallest absolute Gasteiger partial charge is 0.293 e. The molecule has 1 aromatic carbocycles. The van der Waals surface area contributed by atoms with Crippen LogP contribution in [0.25, 0.3) is 6.08 Å². The van der Waals surface area contributed by atoms with Crippen LogP contribution in [0.5, 0.6) is 0 Å². The number of benzene rings is 1. The van der Waals surface area contributed by atoms with Gasteiger partial charge in [-0.2, -0.15) is 0 Å². The number of amides is 3. The van der Waals surface area contributed by atoms with E-state index in [4.69, 9.17) is 9.47 Å². The van der Waals surface area contributed by atoms with Gasteiger partial charge in [-0.1, -0.05) is 30.3 Å². The average molecular weight is 364 g/mol. The van der Waals surface area contributed by atoms with Gasteiger partial charge in [0.1, 0.15) is 6.61 Å². The number of nitrogens with one attached hydrogen (secondary N) is 1. The Morgan fingerprint density at radius 2 is 2.00 bits per heavy atom. The molecule has 8 heteroatoms. The molecule has 1 N–H and O–H groups in total. The van der Waals surface area contributed by atoms with Gasteiger partial charge in [0.15, 0.2) is 0 Å². The summed E-state index contributed by atoms with van der Waals surface area (Å²) in [7, 11) is 1.55. The Morgan fingerprint density at radius 1 is 1.24 bits per heavy atom. The third kappa shape index (κ3) is 6.00. The molecule has 0 aliphatic carbocycles. The van der Waals surface area contributed by atoms with Gasteiger partial charge in [-0.15, -0.1) is 0 Å². The maximum absolute atomic E-state index is 12.3. The highest BCUT2D eigenvalue weighted by molar-refractivity contribution is 8.18. The van der Waals surface area contributed by atoms with Crippen LogP contribution in [0.1, 0.15) is 5.56 Å². The number of carbonyl (C=O) groups excluding carboxylic acids is 3. The van der Waals surface area contributed by atoms with Gasteiger partial charge in [0.05, 0.1) is 18.1 Å². The highest BCUT2D eigenvalue weighted by atomic mass is 32.2. The largest absolute Gasteiger partial charge is 0.382 e. The summed E-state index contributed by atoms with van der Waals surface area (Å²) in [6.07, 6.45) is 1.69. The Labute approximate surface area is 150 Å². The summed E-state index contributed by atoms with van der Waals surface area (Å²) in [4.78, 5) is 37.4. The summed E-state index contributed by atoms with van der Waals surface area (Å²) in [6, 6.07) is 9.32. The van der Waals surface area contributed by atoms with Crippen molar-refractivity contribution in [3.8, 4) is 0 Å². The predicted molar refractivity (Wildman–Crippen MR) is 94.8 cm³/mol. The summed E-state index contributed by atoms with van der Waals surface area (Å²) in [5.74, 6) is -0.646. The van der Waals surface area contributed by atoms with Crippen LogP contribution < -0.4 is 5.32 Å². The quantitative estimate of drug-likeness (QED) is 0.528. The van der Waals surface area contributed by atoms with Crippen molar-refractivity contribution < 1.29 is 23.9 Å². The van der Waals surface area contributed by atoms with E-state index in [1.165, 1.54) is 0 Å². The first-order valence-corrected chi connectivity index (χ1v) is 8.57. The van der Waals surface area contributed by atoms with Crippen LogP contribution in [0.3, 0.4) is 0 Å². The second-order valence-corrected chi connectivity index (χ2v) is 6.13. The number of methoxy groups -OCH3 is 1. The molecule has 25 heavy (non-hydrogen) atoms. The topological polar surface area (TPSA) is 84.9 Å². The van der Waals surface area contributed by atoms with Crippen molar-refractivity contribution in [3.05, 3.63) is 40.8 Å². The molecule has 1 saturated heterocycles. The number of hydrogen-bond acceptors (Lipinski definition) is 6. The van der Waals surface area contributed by atoms with Crippen molar-refractivity contribution in [1.82, 2.24) is 10.2 Å². The lowest BCUT2D eigenvalue weighted by Gasteiger charge is -2.13. The highest BCUT2D eigenvalue weighted by Crippen LogP contribution is 2.31. The molecule has 3 amide bonds. The number of rotatable bonds is 9. The molecule has 0 aromatic heterocycles. The molecule has 7 nitrogen and oxygen atoms in total. The van der Waals surface area contributed by atoms with E-state index in [1.54, 1.807) is 13.2 Å². The summed E-state index contributed by atoms with van der Waals surface area (Å²) >= 11 is 0.902. The van der Waals surface area contributed by atoms with Crippen molar-refractivity contribution in [1.29, 1.82) is 0 Å². The fourth-order valence-corrected chi connectivity index (χ4v) is 2.92. The van der Waals surface area contributed by atoms with E-state index >= 15 is 0 Å². The SMILES string of the molecule is COCCOCC(=O)NCCN1C(=O)S/C(=C\c2ccccc2)C1=O. The molecule has 0 radical (unpaired) electrons. The minimum atomic E-state index is -0.343. The first-order valence-electron chi connectivity index (χ1n) is 7.75. The first-order chi connectivity index (χ1) is 12.1. The zero-order valence-electron chi connectivity index (χ0n) is 13.9. The van der Waals surface area contributed by atoms with Crippen molar-refractivity contribution in [2.75, 3.05) is 40.0 Å². The molecule has 0 saturated carbocycles. The molecule has 1 aliphatic heterocycles. The standard InChI is InChI=1S/C17H20N2O5S/c1-23-9-10-24-12-15(20)18-7-8-19-16(21)14(25-17(19)22)11-13-5-3-2-4-6-13/h2-6,11H,7-10,12H2,1H3,(H,18,20)/b14-11-. The summed E-state index contributed by atoms with van der Waals surface area (Å²) in [5, 5.41) is 2.28. The normalized spacial score (nSPS) is 15.9. The predicted octanol–water partition coefficient (Wildman–Crippen LogP) is 1.50. The highest BCUT2D eigenvalue weighted by Gasteiger charge is 2.34. The average Bonchev–Trinajstić information content (AvgIpc) is 2.87. The Morgan fingerprint density at radius 3 is 2.72 bits per heavy atom. The Kier molecular flexibility index (Phi) is 7.65. The van der Waals surface area contributed by atoms with E-state index in [2.05, 4.69) is 5.32 Å². The van der Waals surface area contributed by atoms with E-state index in [0.29, 0.717) is 18.1 Å². The molecule has 0 bridgehead atoms. The second-order valence-electron chi connectivity index (χ2n) is 5.14. The van der Waals surface area contributed by atoms with Crippen LogP contribution in [0.4, 0.5) is 4.79 Å². The molecule has 1 aliphatic rings. The van der Waals surface area contributed by atoms with Gasteiger partial charge in [0.25, 0.3) is 11.1 Å². The van der Waals surface area contributed by atoms with Crippen molar-refractivity contribution >= 4 is 34.9 Å². The zero-order chi connectivity index (χ0) is 18.1. The van der Waals surface area contributed by atoms with Crippen LogP contribution >= 0.6 is 11.8 Å². The van der Waals surface area contributed by atoms with Crippen LogP contribution in [0, 0.1) is 0 Å². The van der Waals surface area contributed by atoms with Crippen LogP contribution in [0.2, 0.25) is 0 Å². The van der Waals surface area contributed by atoms with Crippen molar-refractivity contribution in [3.63, 3.8) is 0 Å². The number of ether oxygens (including phenoxy) is 2. The molecular weight excluding hydrogens is 344 g/mol. The third-order valence-corrected chi connectivity index (χ3v) is 4.20. The Balaban J connectivity index is 1.79. The lowest BCUT2D eigenvalue weighted by atomic mass is 10.2. The zero-order valence-corrected chi connectivity index (χ0v) is 14.7. The number of imide groups is 1. The van der Waals surface area contributed by atoms with Crippen LogP contribution in [-0.4, -0.2) is 62.0 Å². The molecule has 0 atom stereocenters. The Hall–Kier alpha value is -2.16. The minimum absolute atomic E-state index is 0.0842. The van der Waals surface area contributed by atoms with E-state index in [1.807, 2.05) is 30.3 Å². The summed E-state index contributed by atoms with van der Waals surface area (Å²) in [6.45, 7) is 0.970. The van der Waals surface area contributed by atoms with Crippen LogP contribution in [0.15, 0.2) is 35.2 Å². The van der Waals surface area contributed by atoms with E-state index in [9.17, 15) is 14.4 Å².